The Bertz CT molecular complexity index is 679. The van der Waals surface area contributed by atoms with Crippen LogP contribution >= 0.6 is 0 Å². The van der Waals surface area contributed by atoms with Crippen molar-refractivity contribution in [3.63, 3.8) is 0 Å². The zero-order valence-electron chi connectivity index (χ0n) is 10.1. The van der Waals surface area contributed by atoms with E-state index in [2.05, 4.69) is 20.5 Å². The lowest BCUT2D eigenvalue weighted by atomic mass is 10.1. The van der Waals surface area contributed by atoms with Crippen molar-refractivity contribution >= 4 is 11.7 Å². The lowest BCUT2D eigenvalue weighted by molar-refractivity contribution is 0.102. The van der Waals surface area contributed by atoms with Gasteiger partial charge in [-0.3, -0.25) is 9.89 Å². The number of carbonyl (C=O) groups excluding carboxylic acids is 1. The van der Waals surface area contributed by atoms with E-state index in [0.29, 0.717) is 17.5 Å². The summed E-state index contributed by atoms with van der Waals surface area (Å²) >= 11 is 0. The highest BCUT2D eigenvalue weighted by molar-refractivity contribution is 6.04. The summed E-state index contributed by atoms with van der Waals surface area (Å²) in [7, 11) is 0. The Hall–Kier alpha value is -2.37. The number of carbonyl (C=O) groups is 1. The molecule has 96 valence electrons. The molecular weight excluding hydrogens is 244 g/mol. The minimum Gasteiger partial charge on any atom is -0.504 e. The summed E-state index contributed by atoms with van der Waals surface area (Å²) in [4.78, 5) is 16.1. The van der Waals surface area contributed by atoms with Crippen LogP contribution in [0.1, 0.15) is 34.1 Å². The van der Waals surface area contributed by atoms with Gasteiger partial charge in [-0.2, -0.15) is 5.10 Å². The van der Waals surface area contributed by atoms with Crippen LogP contribution in [0.2, 0.25) is 0 Å². The number of nitrogens with zero attached hydrogens (tertiary/aromatic N) is 2. The van der Waals surface area contributed by atoms with Gasteiger partial charge in [0.1, 0.15) is 0 Å². The van der Waals surface area contributed by atoms with Crippen LogP contribution in [-0.2, 0) is 6.42 Å². The van der Waals surface area contributed by atoms with Gasteiger partial charge in [0.2, 0.25) is 0 Å². The summed E-state index contributed by atoms with van der Waals surface area (Å²) < 4.78 is 0. The van der Waals surface area contributed by atoms with Gasteiger partial charge in [-0.15, -0.1) is 0 Å². The van der Waals surface area contributed by atoms with E-state index in [-0.39, 0.29) is 17.5 Å². The monoisotopic (exact) mass is 256 g/mol. The molecule has 0 aliphatic heterocycles. The molecule has 2 aliphatic rings. The van der Waals surface area contributed by atoms with E-state index >= 15 is 0 Å². The maximum Gasteiger partial charge on any atom is 0.277 e. The fourth-order valence-electron chi connectivity index (χ4n) is 2.83. The third kappa shape index (κ3) is 1.53. The van der Waals surface area contributed by atoms with Crippen LogP contribution in [-0.4, -0.2) is 26.2 Å². The number of nitrogens with one attached hydrogen (secondary N) is 2. The quantitative estimate of drug-likeness (QED) is 0.758. The molecule has 1 fully saturated rings. The third-order valence-corrected chi connectivity index (χ3v) is 3.89. The van der Waals surface area contributed by atoms with Gasteiger partial charge in [0.15, 0.2) is 17.3 Å². The van der Waals surface area contributed by atoms with Crippen molar-refractivity contribution in [2.24, 2.45) is 5.92 Å². The molecule has 2 aromatic heterocycles. The van der Waals surface area contributed by atoms with Crippen LogP contribution in [0.5, 0.6) is 5.75 Å². The molecular formula is C13H12N4O2. The minimum atomic E-state index is -0.326. The van der Waals surface area contributed by atoms with Gasteiger partial charge in [0.25, 0.3) is 5.91 Å². The first-order valence-electron chi connectivity index (χ1n) is 6.26. The summed E-state index contributed by atoms with van der Waals surface area (Å²) in [5.41, 5.74) is 2.56. The van der Waals surface area contributed by atoms with Crippen LogP contribution < -0.4 is 5.32 Å². The molecule has 6 nitrogen and oxygen atoms in total. The lowest BCUT2D eigenvalue weighted by Crippen LogP contribution is -2.15. The predicted octanol–water partition coefficient (Wildman–Crippen LogP) is 1.42. The zero-order valence-corrected chi connectivity index (χ0v) is 10.1. The molecule has 19 heavy (non-hydrogen) atoms. The van der Waals surface area contributed by atoms with Crippen molar-refractivity contribution < 1.29 is 9.90 Å². The molecule has 0 radical (unpaired) electrons. The molecule has 0 bridgehead atoms. The molecule has 1 saturated carbocycles. The van der Waals surface area contributed by atoms with Crippen molar-refractivity contribution in [2.75, 3.05) is 5.32 Å². The second-order valence-corrected chi connectivity index (χ2v) is 5.10. The zero-order chi connectivity index (χ0) is 13.0. The van der Waals surface area contributed by atoms with E-state index in [0.717, 1.165) is 17.7 Å². The molecule has 0 spiro atoms. The van der Waals surface area contributed by atoms with Gasteiger partial charge < -0.3 is 10.4 Å². The third-order valence-electron chi connectivity index (χ3n) is 3.89. The molecule has 4 rings (SSSR count). The molecule has 2 unspecified atom stereocenters. The summed E-state index contributed by atoms with van der Waals surface area (Å²) in [5.74, 6) is 1.05. The van der Waals surface area contributed by atoms with E-state index in [1.54, 1.807) is 6.07 Å². The maximum absolute atomic E-state index is 12.2. The standard InChI is InChI=1S/C13H12N4O2/c18-9-2-1-3-14-12(9)15-13(19)11-8-5-6-4-7(6)10(8)16-17-11/h1-3,6-7,18H,4-5H2,(H,16,17)(H,14,15,19). The van der Waals surface area contributed by atoms with Crippen LogP contribution in [0.25, 0.3) is 0 Å². The molecule has 2 aliphatic carbocycles. The van der Waals surface area contributed by atoms with E-state index < -0.39 is 0 Å². The Morgan fingerprint density at radius 2 is 2.42 bits per heavy atom. The first-order chi connectivity index (χ1) is 9.24. The predicted molar refractivity (Wildman–Crippen MR) is 67.0 cm³/mol. The second-order valence-electron chi connectivity index (χ2n) is 5.10. The number of aromatic nitrogens is 3. The number of H-pyrrole nitrogens is 1. The number of anilines is 1. The number of aromatic amines is 1. The molecule has 6 heteroatoms. The molecule has 2 aromatic rings. The summed E-state index contributed by atoms with van der Waals surface area (Å²) in [6.45, 7) is 0. The first kappa shape index (κ1) is 10.5. The van der Waals surface area contributed by atoms with E-state index in [1.807, 2.05) is 0 Å². The average molecular weight is 256 g/mol. The summed E-state index contributed by atoms with van der Waals surface area (Å²) in [5, 5.41) is 19.2. The molecule has 0 aromatic carbocycles. The highest BCUT2D eigenvalue weighted by Crippen LogP contribution is 2.56. The van der Waals surface area contributed by atoms with Crippen molar-refractivity contribution in [3.8, 4) is 5.75 Å². The summed E-state index contributed by atoms with van der Waals surface area (Å²) in [6.07, 6.45) is 3.64. The molecule has 1 amide bonds. The summed E-state index contributed by atoms with van der Waals surface area (Å²) in [6, 6.07) is 3.08. The second kappa shape index (κ2) is 3.57. The van der Waals surface area contributed by atoms with E-state index in [9.17, 15) is 9.90 Å². The Balaban J connectivity index is 1.62. The van der Waals surface area contributed by atoms with Crippen molar-refractivity contribution in [1.82, 2.24) is 15.2 Å². The van der Waals surface area contributed by atoms with Crippen LogP contribution in [0, 0.1) is 5.92 Å². The SMILES string of the molecule is O=C(Nc1ncccc1O)c1n[nH]c2c1CC1CC21. The topological polar surface area (TPSA) is 90.9 Å². The lowest BCUT2D eigenvalue weighted by Gasteiger charge is -2.05. The van der Waals surface area contributed by atoms with E-state index in [4.69, 9.17) is 0 Å². The first-order valence-corrected chi connectivity index (χ1v) is 6.26. The molecule has 3 N–H and O–H groups in total. The van der Waals surface area contributed by atoms with Gasteiger partial charge in [0, 0.05) is 23.4 Å². The number of pyridine rings is 1. The number of aromatic hydroxyl groups is 1. The normalized spacial score (nSPS) is 22.7. The molecule has 2 heterocycles. The maximum atomic E-state index is 12.2. The van der Waals surface area contributed by atoms with E-state index in [1.165, 1.54) is 18.7 Å². The average Bonchev–Trinajstić information content (AvgIpc) is 2.89. The van der Waals surface area contributed by atoms with Crippen molar-refractivity contribution in [3.05, 3.63) is 35.3 Å². The van der Waals surface area contributed by atoms with Gasteiger partial charge in [-0.25, -0.2) is 4.98 Å². The smallest absolute Gasteiger partial charge is 0.277 e. The Morgan fingerprint density at radius 3 is 3.26 bits per heavy atom. The Kier molecular flexibility index (Phi) is 1.98. The van der Waals surface area contributed by atoms with Gasteiger partial charge in [0.05, 0.1) is 0 Å². The fourth-order valence-corrected chi connectivity index (χ4v) is 2.83. The van der Waals surface area contributed by atoms with Crippen molar-refractivity contribution in [1.29, 1.82) is 0 Å². The van der Waals surface area contributed by atoms with Gasteiger partial charge in [-0.05, 0) is 30.9 Å². The molecule has 0 saturated heterocycles. The number of amides is 1. The minimum absolute atomic E-state index is 0.0501. The Labute approximate surface area is 108 Å². The number of fused-ring (bicyclic) bond motifs is 3. The van der Waals surface area contributed by atoms with Crippen LogP contribution in [0.3, 0.4) is 0 Å². The number of rotatable bonds is 2. The van der Waals surface area contributed by atoms with Gasteiger partial charge in [-0.1, -0.05) is 0 Å². The Morgan fingerprint density at radius 1 is 1.53 bits per heavy atom. The molecule has 2 atom stereocenters. The number of hydrogen-bond acceptors (Lipinski definition) is 4. The fraction of sp³-hybridized carbons (Fsp3) is 0.308. The van der Waals surface area contributed by atoms with Crippen molar-refractivity contribution in [2.45, 2.75) is 18.8 Å². The highest BCUT2D eigenvalue weighted by Gasteiger charge is 2.48. The largest absolute Gasteiger partial charge is 0.504 e. The van der Waals surface area contributed by atoms with Crippen LogP contribution in [0.4, 0.5) is 5.82 Å². The van der Waals surface area contributed by atoms with Crippen LogP contribution in [0.15, 0.2) is 18.3 Å². The van der Waals surface area contributed by atoms with Gasteiger partial charge >= 0.3 is 0 Å². The highest BCUT2D eigenvalue weighted by atomic mass is 16.3. The number of hydrogen-bond donors (Lipinski definition) is 3.